The lowest BCUT2D eigenvalue weighted by Crippen LogP contribution is -1.99. The Morgan fingerprint density at radius 2 is 2.14 bits per heavy atom. The second-order valence-corrected chi connectivity index (χ2v) is 3.84. The first-order chi connectivity index (χ1) is 6.68. The van der Waals surface area contributed by atoms with Crippen LogP contribution in [0.15, 0.2) is 24.3 Å². The van der Waals surface area contributed by atoms with Gasteiger partial charge in [0.25, 0.3) is 0 Å². The number of hydrogen-bond acceptors (Lipinski definition) is 4. The Balaban J connectivity index is 2.57. The highest BCUT2D eigenvalue weighted by molar-refractivity contribution is 7.21. The Hall–Kier alpha value is -1.55. The number of thiophene rings is 1. The van der Waals surface area contributed by atoms with Crippen LogP contribution in [-0.2, 0) is 4.79 Å². The third-order valence-corrected chi connectivity index (χ3v) is 2.81. The van der Waals surface area contributed by atoms with Gasteiger partial charge in [-0.3, -0.25) is 4.79 Å². The molecular formula is C10H8O3S. The monoisotopic (exact) mass is 208 g/mol. The predicted molar refractivity (Wildman–Crippen MR) is 54.8 cm³/mol. The van der Waals surface area contributed by atoms with Gasteiger partial charge in [-0.05, 0) is 12.1 Å². The van der Waals surface area contributed by atoms with Crippen molar-refractivity contribution in [1.82, 2.24) is 0 Å². The van der Waals surface area contributed by atoms with Gasteiger partial charge in [0.15, 0.2) is 5.75 Å². The van der Waals surface area contributed by atoms with E-state index in [9.17, 15) is 9.90 Å². The fraction of sp³-hybridized carbons (Fsp3) is 0.100. The molecule has 2 rings (SSSR count). The van der Waals surface area contributed by atoms with Crippen LogP contribution in [0.4, 0.5) is 0 Å². The molecule has 72 valence electrons. The van der Waals surface area contributed by atoms with Crippen molar-refractivity contribution in [2.24, 2.45) is 0 Å². The minimum Gasteiger partial charge on any atom is -0.503 e. The summed E-state index contributed by atoms with van der Waals surface area (Å²) in [6.45, 7) is 1.31. The van der Waals surface area contributed by atoms with E-state index in [-0.39, 0.29) is 10.8 Å². The number of carbonyl (C=O) groups is 1. The van der Waals surface area contributed by atoms with Crippen molar-refractivity contribution in [1.29, 1.82) is 0 Å². The van der Waals surface area contributed by atoms with Crippen LogP contribution in [0.5, 0.6) is 10.8 Å². The van der Waals surface area contributed by atoms with Crippen molar-refractivity contribution in [3.63, 3.8) is 0 Å². The summed E-state index contributed by atoms with van der Waals surface area (Å²) in [5.74, 6) is -0.382. The Kier molecular flexibility index (Phi) is 2.13. The fourth-order valence-electron chi connectivity index (χ4n) is 1.21. The van der Waals surface area contributed by atoms with Gasteiger partial charge >= 0.3 is 5.97 Å². The molecule has 0 fully saturated rings. The van der Waals surface area contributed by atoms with Gasteiger partial charge in [-0.2, -0.15) is 0 Å². The number of hydrogen-bond donors (Lipinski definition) is 1. The molecule has 1 heterocycles. The van der Waals surface area contributed by atoms with E-state index in [1.165, 1.54) is 18.3 Å². The predicted octanol–water partition coefficient (Wildman–Crippen LogP) is 2.53. The van der Waals surface area contributed by atoms with E-state index < -0.39 is 5.97 Å². The van der Waals surface area contributed by atoms with Gasteiger partial charge in [0.2, 0.25) is 5.06 Å². The largest absolute Gasteiger partial charge is 0.503 e. The number of ether oxygens (including phenoxy) is 1. The second kappa shape index (κ2) is 3.31. The van der Waals surface area contributed by atoms with E-state index in [0.717, 1.165) is 4.70 Å². The maximum Gasteiger partial charge on any atom is 0.308 e. The highest BCUT2D eigenvalue weighted by Crippen LogP contribution is 2.42. The van der Waals surface area contributed by atoms with Crippen LogP contribution in [0.1, 0.15) is 6.92 Å². The van der Waals surface area contributed by atoms with Crippen LogP contribution >= 0.6 is 11.3 Å². The summed E-state index contributed by atoms with van der Waals surface area (Å²) in [6.07, 6.45) is 0. The van der Waals surface area contributed by atoms with Crippen LogP contribution in [0.25, 0.3) is 10.1 Å². The minimum atomic E-state index is -0.424. The highest BCUT2D eigenvalue weighted by Gasteiger charge is 2.12. The lowest BCUT2D eigenvalue weighted by atomic mass is 10.2. The van der Waals surface area contributed by atoms with Crippen LogP contribution < -0.4 is 4.74 Å². The maximum atomic E-state index is 10.7. The van der Waals surface area contributed by atoms with Gasteiger partial charge in [-0.25, -0.2) is 0 Å². The summed E-state index contributed by atoms with van der Waals surface area (Å²) >= 11 is 1.26. The van der Waals surface area contributed by atoms with E-state index in [1.807, 2.05) is 18.2 Å². The first-order valence-electron chi connectivity index (χ1n) is 4.07. The van der Waals surface area contributed by atoms with E-state index >= 15 is 0 Å². The zero-order valence-corrected chi connectivity index (χ0v) is 8.30. The molecule has 0 aliphatic heterocycles. The lowest BCUT2D eigenvalue weighted by molar-refractivity contribution is -0.131. The maximum absolute atomic E-state index is 10.7. The van der Waals surface area contributed by atoms with Crippen LogP contribution in [0.2, 0.25) is 0 Å². The summed E-state index contributed by atoms with van der Waals surface area (Å²) in [6, 6.07) is 7.35. The van der Waals surface area contributed by atoms with Gasteiger partial charge < -0.3 is 9.84 Å². The van der Waals surface area contributed by atoms with Crippen LogP contribution in [0, 0.1) is 0 Å². The van der Waals surface area contributed by atoms with Crippen molar-refractivity contribution < 1.29 is 14.6 Å². The zero-order chi connectivity index (χ0) is 10.1. The van der Waals surface area contributed by atoms with Gasteiger partial charge in [-0.15, -0.1) is 0 Å². The molecule has 0 amide bonds. The molecule has 1 aromatic carbocycles. The van der Waals surface area contributed by atoms with E-state index in [1.54, 1.807) is 6.07 Å². The van der Waals surface area contributed by atoms with Crippen LogP contribution in [-0.4, -0.2) is 11.1 Å². The molecule has 0 spiro atoms. The number of esters is 1. The fourth-order valence-corrected chi connectivity index (χ4v) is 2.20. The SMILES string of the molecule is CC(=O)Oc1sc2ccccc2c1O. The molecule has 0 saturated heterocycles. The first-order valence-corrected chi connectivity index (χ1v) is 4.89. The quantitative estimate of drug-likeness (QED) is 0.732. The molecule has 2 aromatic rings. The Morgan fingerprint density at radius 1 is 1.43 bits per heavy atom. The van der Waals surface area contributed by atoms with Crippen molar-refractivity contribution >= 4 is 27.4 Å². The normalized spacial score (nSPS) is 10.4. The average Bonchev–Trinajstić information content (AvgIpc) is 2.44. The van der Waals surface area contributed by atoms with Crippen molar-refractivity contribution in [2.75, 3.05) is 0 Å². The van der Waals surface area contributed by atoms with Gasteiger partial charge in [-0.1, -0.05) is 23.5 Å². The number of aromatic hydroxyl groups is 1. The summed E-state index contributed by atoms with van der Waals surface area (Å²) in [5.41, 5.74) is 0. The van der Waals surface area contributed by atoms with Gasteiger partial charge in [0, 0.05) is 17.0 Å². The molecule has 0 radical (unpaired) electrons. The molecule has 14 heavy (non-hydrogen) atoms. The molecule has 0 unspecified atom stereocenters. The number of rotatable bonds is 1. The molecule has 0 atom stereocenters. The number of fused-ring (bicyclic) bond motifs is 1. The number of benzene rings is 1. The second-order valence-electron chi connectivity index (χ2n) is 2.83. The van der Waals surface area contributed by atoms with Crippen molar-refractivity contribution in [3.8, 4) is 10.8 Å². The highest BCUT2D eigenvalue weighted by atomic mass is 32.1. The summed E-state index contributed by atoms with van der Waals surface area (Å²) < 4.78 is 5.76. The molecule has 4 heteroatoms. The molecule has 1 N–H and O–H groups in total. The number of carbonyl (C=O) groups excluding carboxylic acids is 1. The summed E-state index contributed by atoms with van der Waals surface area (Å²) in [7, 11) is 0. The molecule has 0 aliphatic carbocycles. The molecule has 0 saturated carbocycles. The third kappa shape index (κ3) is 1.44. The Labute approximate surface area is 84.6 Å². The van der Waals surface area contributed by atoms with Gasteiger partial charge in [0.1, 0.15) is 0 Å². The topological polar surface area (TPSA) is 46.5 Å². The van der Waals surface area contributed by atoms with Crippen LogP contribution in [0.3, 0.4) is 0 Å². The van der Waals surface area contributed by atoms with E-state index in [0.29, 0.717) is 5.39 Å². The van der Waals surface area contributed by atoms with Crippen molar-refractivity contribution in [3.05, 3.63) is 24.3 Å². The minimum absolute atomic E-state index is 0.0424. The summed E-state index contributed by atoms with van der Waals surface area (Å²) in [5, 5.41) is 10.7. The molecule has 1 aromatic heterocycles. The van der Waals surface area contributed by atoms with Crippen molar-refractivity contribution in [2.45, 2.75) is 6.92 Å². The van der Waals surface area contributed by atoms with Gasteiger partial charge in [0.05, 0.1) is 0 Å². The Bertz CT molecular complexity index is 487. The smallest absolute Gasteiger partial charge is 0.308 e. The molecular weight excluding hydrogens is 200 g/mol. The third-order valence-electron chi connectivity index (χ3n) is 1.77. The Morgan fingerprint density at radius 3 is 2.79 bits per heavy atom. The zero-order valence-electron chi connectivity index (χ0n) is 7.48. The lowest BCUT2D eigenvalue weighted by Gasteiger charge is -1.95. The van der Waals surface area contributed by atoms with E-state index in [2.05, 4.69) is 0 Å². The standard InChI is InChI=1S/C10H8O3S/c1-6(11)13-10-9(12)7-4-2-3-5-8(7)14-10/h2-5,12H,1H3. The molecule has 0 bridgehead atoms. The first kappa shape index (κ1) is 9.02. The summed E-state index contributed by atoms with van der Waals surface area (Å²) in [4.78, 5) is 10.7. The molecule has 3 nitrogen and oxygen atoms in total. The average molecular weight is 208 g/mol. The molecule has 0 aliphatic rings. The van der Waals surface area contributed by atoms with E-state index in [4.69, 9.17) is 4.74 Å².